The molecule has 618 valence electrons. The molecule has 1 aromatic carbocycles. The number of aliphatic hydroxyl groups excluding tert-OH is 3. The van der Waals surface area contributed by atoms with E-state index in [1.165, 1.54) is 35.0 Å². The molecule has 113 heavy (non-hydrogen) atoms. The number of carbonyl (C=O) groups is 7. The number of phosphoric ester groups is 2. The van der Waals surface area contributed by atoms with Crippen LogP contribution in [0.1, 0.15) is 157 Å². The number of amides is 7. The SMILES string of the molecule is C/C1=C2N=C(/C=C3N=C(/C(C)=C4\[N-]C(C(CC(N)=O)C4(C)CCC(=O)NCC(C)OP(=O)([O-])OC4C(COP(=O)(O)O)OC(n5cnc6cc(C)c(C)cc65)C4O)C4(C)N=C1C(CCC(N)=O)C4(C)CC(N)=O)C(CCC(N)=O)C\3(C)C)C(CCC(N)=O)C/2(C)CC(N)=O.[CH2-]C1OC(n2cnc3c(N)ncnc32)C(O)C1O.[Co+3]. The number of aryl methyl sites for hydroxylation is 2. The molecule has 3 saturated heterocycles. The Balaban J connectivity index is 0.000000669. The normalized spacial score (nSPS) is 33.0. The van der Waals surface area contributed by atoms with E-state index in [2.05, 4.69) is 36.7 Å². The van der Waals surface area contributed by atoms with Gasteiger partial charge in [0.05, 0.1) is 53.7 Å². The summed E-state index contributed by atoms with van der Waals surface area (Å²) >= 11 is 0. The van der Waals surface area contributed by atoms with E-state index in [-0.39, 0.29) is 93.2 Å². The fourth-order valence-corrected chi connectivity index (χ4v) is 19.0. The molecule has 0 aliphatic carbocycles. The third-order valence-corrected chi connectivity index (χ3v) is 25.3. The first kappa shape index (κ1) is 88.8. The topological polar surface area (TPSA) is 631 Å². The number of ether oxygens (including phenoxy) is 2. The molecule has 38 nitrogen and oxygen atoms in total. The number of nitrogen functional groups attached to an aromatic ring is 1. The second kappa shape index (κ2) is 33.6. The summed E-state index contributed by atoms with van der Waals surface area (Å²) in [6.07, 6.45) is -7.11. The summed E-state index contributed by atoms with van der Waals surface area (Å²) in [5.41, 5.74) is 42.5. The zero-order valence-corrected chi connectivity index (χ0v) is 67.4. The minimum Gasteiger partial charge on any atom is -0.756 e. The van der Waals surface area contributed by atoms with E-state index in [0.717, 1.165) is 11.1 Å². The van der Waals surface area contributed by atoms with Crippen LogP contribution in [0.4, 0.5) is 5.82 Å². The van der Waals surface area contributed by atoms with Crippen LogP contribution >= 0.6 is 15.6 Å². The molecule has 7 aliphatic rings. The van der Waals surface area contributed by atoms with Crippen LogP contribution < -0.4 is 50.3 Å². The van der Waals surface area contributed by atoms with Crippen molar-refractivity contribution in [3.8, 4) is 0 Å². The monoisotopic (exact) mass is 1660 g/mol. The van der Waals surface area contributed by atoms with Crippen LogP contribution in [-0.2, 0) is 82.5 Å². The van der Waals surface area contributed by atoms with Gasteiger partial charge in [-0.25, -0.2) is 24.5 Å². The maximum absolute atomic E-state index is 14.4. The molecule has 0 radical (unpaired) electrons. The van der Waals surface area contributed by atoms with Crippen molar-refractivity contribution in [1.82, 2.24) is 34.4 Å². The van der Waals surface area contributed by atoms with Gasteiger partial charge in [-0.1, -0.05) is 40.7 Å². The van der Waals surface area contributed by atoms with Crippen molar-refractivity contribution in [2.45, 2.75) is 214 Å². The van der Waals surface area contributed by atoms with Gasteiger partial charge in [-0.15, -0.1) is 0 Å². The zero-order chi connectivity index (χ0) is 82.8. The van der Waals surface area contributed by atoms with Crippen LogP contribution in [0, 0.1) is 66.1 Å². The maximum Gasteiger partial charge on any atom is 3.00 e. The fourth-order valence-electron chi connectivity index (χ4n) is 17.5. The number of anilines is 1. The largest absolute Gasteiger partial charge is 3.00 e. The first-order chi connectivity index (χ1) is 52.1. The third kappa shape index (κ3) is 17.8. The average Bonchev–Trinajstić information content (AvgIpc) is 1.53. The van der Waals surface area contributed by atoms with Crippen molar-refractivity contribution < 1.29 is 113 Å². The van der Waals surface area contributed by atoms with Crippen LogP contribution in [0.2, 0.25) is 0 Å². The molecule has 0 spiro atoms. The van der Waals surface area contributed by atoms with E-state index >= 15 is 0 Å². The number of allylic oxidation sites excluding steroid dienone is 6. The number of phosphoric acid groups is 2. The number of hydrogen-bond acceptors (Lipinski definition) is 26. The molecular weight excluding hydrogens is 1560 g/mol. The summed E-state index contributed by atoms with van der Waals surface area (Å²) in [7, 11) is -10.7. The van der Waals surface area contributed by atoms with Gasteiger partial charge in [-0.05, 0) is 125 Å². The van der Waals surface area contributed by atoms with Gasteiger partial charge < -0.3 is 111 Å². The molecule has 3 fully saturated rings. The predicted octanol–water partition coefficient (Wildman–Crippen LogP) is 2.29. The standard InChI is InChI=1S/C62H91N13O17P2.C10H12N5O3.Co/c1-29-20-39-40(21-30(29)2)75(28-70-39)57-52(83)53(41(90-57)27-89-93(84,85)86)92-94(87,88)91-31(3)26-69-49(82)18-19-59(8)37(22-46(66)79)56-62(11)61(10,25-48(68)81)36(14-17-45(65)78)51(74-62)33(5)55-60(9,24-47(67)80)34(12-15-43(63)76)38(71-55)23-42-58(6,7)35(13-16-44(64)77)50(72-42)32(4)54(59)73-56;1-4-6(16)7(17)10(18-4)15-3-14-5-8(11)12-2-13-9(5)15;/h20-21,23,28,31,34-37,41,52-53,56-57,83H,12-19,22,24-27H2,1-11H3,(H17,63,64,65,66,67,68,69,71,72,73,74,76,77,78,79,80,81,82,84,85,86,87,88);2-4,6-7,10,16-17H,1H2,(H2,11,12,13);/q;-1;+3/p-2. The summed E-state index contributed by atoms with van der Waals surface area (Å²) in [4.78, 5) is 159. The molecule has 3 aromatic heterocycles. The Hall–Kier alpha value is -8.11. The quantitative estimate of drug-likeness (QED) is 0.0274. The van der Waals surface area contributed by atoms with E-state index in [9.17, 15) is 72.7 Å². The van der Waals surface area contributed by atoms with E-state index in [0.29, 0.717) is 67.6 Å². The Labute approximate surface area is 661 Å². The van der Waals surface area contributed by atoms with Crippen LogP contribution in [0.15, 0.2) is 80.4 Å². The minimum absolute atomic E-state index is 0. The summed E-state index contributed by atoms with van der Waals surface area (Å²) < 4.78 is 55.4. The van der Waals surface area contributed by atoms with Gasteiger partial charge in [-0.2, -0.15) is 5.70 Å². The summed E-state index contributed by atoms with van der Waals surface area (Å²) in [5, 5.41) is 39.5. The minimum atomic E-state index is -5.51. The van der Waals surface area contributed by atoms with Gasteiger partial charge in [0.1, 0.15) is 36.3 Å². The molecule has 19 atom stereocenters. The van der Waals surface area contributed by atoms with Crippen LogP contribution in [0.3, 0.4) is 0 Å². The molecule has 7 aliphatic heterocycles. The van der Waals surface area contributed by atoms with E-state index in [1.807, 2.05) is 41.5 Å². The molecule has 8 bridgehead atoms. The number of primary amides is 6. The number of hydrogen-bond donors (Lipinski definition) is 13. The molecule has 20 N–H and O–H groups in total. The van der Waals surface area contributed by atoms with Crippen molar-refractivity contribution in [2.24, 2.45) is 94.7 Å². The number of fused-ring (bicyclic) bond motifs is 8. The Bertz CT molecular complexity index is 4730. The smallest absolute Gasteiger partial charge is 0.756 e. The number of carbonyl (C=O) groups excluding carboxylic acids is 7. The summed E-state index contributed by atoms with van der Waals surface area (Å²) in [6.45, 7) is 22.0. The molecule has 19 unspecified atom stereocenters. The number of aliphatic hydroxyl groups is 3. The number of aromatic nitrogens is 6. The average molecular weight is 1660 g/mol. The van der Waals surface area contributed by atoms with Gasteiger partial charge in [0.15, 0.2) is 23.9 Å². The van der Waals surface area contributed by atoms with Crippen molar-refractivity contribution >= 4 is 102 Å². The summed E-state index contributed by atoms with van der Waals surface area (Å²) in [6, 6.07) is 2.48. The maximum atomic E-state index is 14.4. The van der Waals surface area contributed by atoms with Crippen molar-refractivity contribution in [1.29, 1.82) is 0 Å². The number of nitrogens with one attached hydrogen (secondary N) is 1. The molecule has 7 amide bonds. The second-order valence-electron chi connectivity index (χ2n) is 31.7. The number of imidazole rings is 2. The van der Waals surface area contributed by atoms with Crippen molar-refractivity contribution in [2.75, 3.05) is 18.9 Å². The Morgan fingerprint density at radius 3 is 1.92 bits per heavy atom. The fraction of sp³-hybridized carbons (Fsp3) is 0.597. The van der Waals surface area contributed by atoms with E-state index in [4.69, 9.17) is 79.0 Å². The number of aliphatic imine (C=N–C) groups is 3. The molecule has 4 aromatic rings. The number of benzene rings is 1. The molecular formula is C72H101CoN18O20P2. The van der Waals surface area contributed by atoms with Crippen LogP contribution in [0.25, 0.3) is 27.5 Å². The van der Waals surface area contributed by atoms with Crippen molar-refractivity contribution in [3.05, 3.63) is 88.8 Å². The zero-order valence-electron chi connectivity index (χ0n) is 64.5. The van der Waals surface area contributed by atoms with Gasteiger partial charge in [0, 0.05) is 108 Å². The Morgan fingerprint density at radius 2 is 1.33 bits per heavy atom. The predicted molar refractivity (Wildman–Crippen MR) is 404 cm³/mol. The molecule has 10 heterocycles. The van der Waals surface area contributed by atoms with Crippen LogP contribution in [-0.4, -0.2) is 180 Å². The Kier molecular flexibility index (Phi) is 26.4. The first-order valence-electron chi connectivity index (χ1n) is 36.6. The van der Waals surface area contributed by atoms with E-state index in [1.54, 1.807) is 45.9 Å². The van der Waals surface area contributed by atoms with Crippen LogP contribution in [0.5, 0.6) is 0 Å². The van der Waals surface area contributed by atoms with E-state index < -0.39 is 182 Å². The van der Waals surface area contributed by atoms with Crippen molar-refractivity contribution in [3.63, 3.8) is 0 Å². The molecule has 41 heteroatoms. The number of nitrogens with zero attached hydrogens (tertiary/aromatic N) is 10. The molecule has 0 saturated carbocycles. The van der Waals surface area contributed by atoms with Gasteiger partial charge >= 0.3 is 24.6 Å². The summed E-state index contributed by atoms with van der Waals surface area (Å²) in [5.74, 6) is -7.44. The number of nitrogens with two attached hydrogens (primary N) is 7. The van der Waals surface area contributed by atoms with Gasteiger partial charge in [0.25, 0.3) is 7.82 Å². The third-order valence-electron chi connectivity index (χ3n) is 23.7. The Morgan fingerprint density at radius 1 is 0.726 bits per heavy atom. The van der Waals surface area contributed by atoms with Gasteiger partial charge in [0.2, 0.25) is 41.4 Å². The number of rotatable bonds is 29. The molecule has 11 rings (SSSR count). The second-order valence-corrected chi connectivity index (χ2v) is 34.3. The first-order valence-corrected chi connectivity index (χ1v) is 39.6. The van der Waals surface area contributed by atoms with Gasteiger partial charge in [-0.3, -0.25) is 62.2 Å².